The van der Waals surface area contributed by atoms with Gasteiger partial charge < -0.3 is 5.32 Å². The molecule has 1 aromatic rings. The van der Waals surface area contributed by atoms with Gasteiger partial charge in [0.2, 0.25) is 0 Å². The smallest absolute Gasteiger partial charge is 0.0638 e. The number of hydrogen-bond acceptors (Lipinski definition) is 2. The van der Waals surface area contributed by atoms with Crippen molar-refractivity contribution in [2.24, 2.45) is 0 Å². The molecular formula is C10H11BrClNS. The average molecular weight is 293 g/mol. The van der Waals surface area contributed by atoms with Crippen LogP contribution < -0.4 is 5.32 Å². The fraction of sp³-hybridized carbons (Fsp3) is 0.400. The minimum atomic E-state index is 0.576. The molecule has 1 aliphatic rings. The molecule has 1 unspecified atom stereocenters. The molecule has 0 saturated carbocycles. The van der Waals surface area contributed by atoms with Gasteiger partial charge in [-0.25, -0.2) is 0 Å². The summed E-state index contributed by atoms with van der Waals surface area (Å²) in [5.41, 5.74) is 1.04. The number of halogens is 2. The molecule has 1 nitrogen and oxygen atoms in total. The molecule has 1 atom stereocenters. The molecule has 0 bridgehead atoms. The summed E-state index contributed by atoms with van der Waals surface area (Å²) in [7, 11) is 0. The van der Waals surface area contributed by atoms with Gasteiger partial charge in [0.15, 0.2) is 0 Å². The zero-order valence-electron chi connectivity index (χ0n) is 7.59. The van der Waals surface area contributed by atoms with Crippen LogP contribution in [-0.2, 0) is 0 Å². The molecule has 76 valence electrons. The Morgan fingerprint density at radius 3 is 3.07 bits per heavy atom. The van der Waals surface area contributed by atoms with Gasteiger partial charge in [0.25, 0.3) is 0 Å². The Balaban J connectivity index is 2.10. The molecular weight excluding hydrogens is 282 g/mol. The van der Waals surface area contributed by atoms with E-state index in [9.17, 15) is 0 Å². The molecule has 1 saturated heterocycles. The van der Waals surface area contributed by atoms with Gasteiger partial charge in [-0.05, 0) is 30.4 Å². The molecule has 1 heterocycles. The summed E-state index contributed by atoms with van der Waals surface area (Å²) >= 11 is 11.5. The molecule has 0 aromatic heterocycles. The van der Waals surface area contributed by atoms with Crippen LogP contribution in [0.2, 0.25) is 5.02 Å². The normalized spacial score (nSPS) is 21.1. The largest absolute Gasteiger partial charge is 0.380 e. The highest BCUT2D eigenvalue weighted by molar-refractivity contribution is 9.10. The van der Waals surface area contributed by atoms with Crippen LogP contribution in [0.3, 0.4) is 0 Å². The third kappa shape index (κ3) is 2.59. The molecule has 1 N–H and O–H groups in total. The number of hydrogen-bond donors (Lipinski definition) is 1. The maximum atomic E-state index is 6.08. The molecule has 0 aliphatic carbocycles. The molecule has 0 radical (unpaired) electrons. The van der Waals surface area contributed by atoms with E-state index in [0.717, 1.165) is 15.2 Å². The number of nitrogens with one attached hydrogen (secondary N) is 1. The summed E-state index contributed by atoms with van der Waals surface area (Å²) in [5.74, 6) is 2.44. The Morgan fingerprint density at radius 2 is 2.36 bits per heavy atom. The quantitative estimate of drug-likeness (QED) is 0.883. The number of benzene rings is 1. The Morgan fingerprint density at radius 1 is 1.50 bits per heavy atom. The lowest BCUT2D eigenvalue weighted by atomic mass is 10.2. The van der Waals surface area contributed by atoms with Crippen LogP contribution in [0.15, 0.2) is 22.7 Å². The molecule has 0 spiro atoms. The molecule has 4 heteroatoms. The molecule has 2 rings (SSSR count). The fourth-order valence-electron chi connectivity index (χ4n) is 1.48. The van der Waals surface area contributed by atoms with Gasteiger partial charge in [-0.15, -0.1) is 0 Å². The standard InChI is InChI=1S/C10H11BrClNS/c11-7-1-2-9(12)10(5-7)13-8-3-4-14-6-8/h1-2,5,8,13H,3-4,6H2. The molecule has 1 aliphatic heterocycles. The highest BCUT2D eigenvalue weighted by atomic mass is 79.9. The van der Waals surface area contributed by atoms with Crippen molar-refractivity contribution in [3.8, 4) is 0 Å². The molecule has 1 aromatic carbocycles. The van der Waals surface area contributed by atoms with Crippen molar-refractivity contribution in [1.82, 2.24) is 0 Å². The number of thioether (sulfide) groups is 1. The Labute approximate surface area is 102 Å². The van der Waals surface area contributed by atoms with E-state index in [1.807, 2.05) is 30.0 Å². The van der Waals surface area contributed by atoms with Crippen molar-refractivity contribution in [2.75, 3.05) is 16.8 Å². The number of anilines is 1. The lowest BCUT2D eigenvalue weighted by molar-refractivity contribution is 0.813. The maximum Gasteiger partial charge on any atom is 0.0638 e. The molecule has 14 heavy (non-hydrogen) atoms. The highest BCUT2D eigenvalue weighted by Crippen LogP contribution is 2.28. The second-order valence-electron chi connectivity index (χ2n) is 3.33. The van der Waals surface area contributed by atoms with Crippen molar-refractivity contribution < 1.29 is 0 Å². The number of rotatable bonds is 2. The average Bonchev–Trinajstić information content (AvgIpc) is 2.64. The predicted molar refractivity (Wildman–Crippen MR) is 68.5 cm³/mol. The second kappa shape index (κ2) is 4.77. The summed E-state index contributed by atoms with van der Waals surface area (Å²) in [6, 6.07) is 6.48. The first kappa shape index (κ1) is 10.7. The third-order valence-corrected chi connectivity index (χ3v) is 4.20. The van der Waals surface area contributed by atoms with Gasteiger partial charge in [-0.2, -0.15) is 11.8 Å². The van der Waals surface area contributed by atoms with E-state index >= 15 is 0 Å². The van der Waals surface area contributed by atoms with Gasteiger partial charge in [-0.1, -0.05) is 27.5 Å². The highest BCUT2D eigenvalue weighted by Gasteiger charge is 2.15. The second-order valence-corrected chi connectivity index (χ2v) is 5.80. The van der Waals surface area contributed by atoms with Gasteiger partial charge in [0.05, 0.1) is 10.7 Å². The predicted octanol–water partition coefficient (Wildman–Crippen LogP) is 4.02. The fourth-order valence-corrected chi connectivity index (χ4v) is 3.16. The zero-order valence-corrected chi connectivity index (χ0v) is 10.8. The van der Waals surface area contributed by atoms with E-state index in [1.165, 1.54) is 17.9 Å². The first-order valence-corrected chi connectivity index (χ1v) is 6.87. The molecule has 0 amide bonds. The van der Waals surface area contributed by atoms with E-state index < -0.39 is 0 Å². The zero-order chi connectivity index (χ0) is 9.97. The first-order valence-electron chi connectivity index (χ1n) is 4.55. The third-order valence-electron chi connectivity index (χ3n) is 2.22. The summed E-state index contributed by atoms with van der Waals surface area (Å²) in [5, 5.41) is 4.26. The van der Waals surface area contributed by atoms with E-state index in [2.05, 4.69) is 21.2 Å². The van der Waals surface area contributed by atoms with Gasteiger partial charge in [-0.3, -0.25) is 0 Å². The van der Waals surface area contributed by atoms with E-state index in [-0.39, 0.29) is 0 Å². The summed E-state index contributed by atoms with van der Waals surface area (Å²) in [4.78, 5) is 0. The van der Waals surface area contributed by atoms with Gasteiger partial charge in [0.1, 0.15) is 0 Å². The lowest BCUT2D eigenvalue weighted by Gasteiger charge is -2.14. The van der Waals surface area contributed by atoms with E-state index in [1.54, 1.807) is 0 Å². The first-order chi connectivity index (χ1) is 6.75. The van der Waals surface area contributed by atoms with Gasteiger partial charge in [0, 0.05) is 16.3 Å². The van der Waals surface area contributed by atoms with Crippen LogP contribution in [0.1, 0.15) is 6.42 Å². The van der Waals surface area contributed by atoms with Crippen molar-refractivity contribution >= 4 is 45.0 Å². The SMILES string of the molecule is Clc1ccc(Br)cc1NC1CCSC1. The summed E-state index contributed by atoms with van der Waals surface area (Å²) < 4.78 is 1.06. The van der Waals surface area contributed by atoms with Crippen molar-refractivity contribution in [3.63, 3.8) is 0 Å². The molecule has 1 fully saturated rings. The van der Waals surface area contributed by atoms with Gasteiger partial charge >= 0.3 is 0 Å². The van der Waals surface area contributed by atoms with Crippen molar-refractivity contribution in [3.05, 3.63) is 27.7 Å². The van der Waals surface area contributed by atoms with Crippen molar-refractivity contribution in [1.29, 1.82) is 0 Å². The topological polar surface area (TPSA) is 12.0 Å². The van der Waals surface area contributed by atoms with E-state index in [0.29, 0.717) is 6.04 Å². The minimum absolute atomic E-state index is 0.576. The lowest BCUT2D eigenvalue weighted by Crippen LogP contribution is -2.18. The Kier molecular flexibility index (Phi) is 3.63. The minimum Gasteiger partial charge on any atom is -0.380 e. The van der Waals surface area contributed by atoms with E-state index in [4.69, 9.17) is 11.6 Å². The summed E-state index contributed by atoms with van der Waals surface area (Å²) in [6.45, 7) is 0. The Hall–Kier alpha value is 0.140. The van der Waals surface area contributed by atoms with Crippen LogP contribution in [0.25, 0.3) is 0 Å². The van der Waals surface area contributed by atoms with Crippen LogP contribution in [0, 0.1) is 0 Å². The summed E-state index contributed by atoms with van der Waals surface area (Å²) in [6.07, 6.45) is 1.23. The van der Waals surface area contributed by atoms with Crippen LogP contribution in [-0.4, -0.2) is 17.5 Å². The maximum absolute atomic E-state index is 6.08. The van der Waals surface area contributed by atoms with Crippen LogP contribution in [0.4, 0.5) is 5.69 Å². The van der Waals surface area contributed by atoms with Crippen LogP contribution >= 0.6 is 39.3 Å². The van der Waals surface area contributed by atoms with Crippen LogP contribution in [0.5, 0.6) is 0 Å². The Bertz CT molecular complexity index is 326. The monoisotopic (exact) mass is 291 g/mol. The van der Waals surface area contributed by atoms with Crippen molar-refractivity contribution in [2.45, 2.75) is 12.5 Å².